The number of nitrogens with one attached hydrogen (secondary N) is 1. The maximum absolute atomic E-state index is 14.0. The van der Waals surface area contributed by atoms with Crippen molar-refractivity contribution in [1.29, 1.82) is 0 Å². The van der Waals surface area contributed by atoms with Gasteiger partial charge < -0.3 is 19.7 Å². The Morgan fingerprint density at radius 3 is 2.21 bits per heavy atom. The Hall–Kier alpha value is -4.05. The van der Waals surface area contributed by atoms with Crippen LogP contribution in [0.4, 0.5) is 5.69 Å². The third-order valence-electron chi connectivity index (χ3n) is 6.29. The number of ether oxygens (including phenoxy) is 2. The van der Waals surface area contributed by atoms with Crippen molar-refractivity contribution in [2.24, 2.45) is 0 Å². The van der Waals surface area contributed by atoms with Gasteiger partial charge in [-0.2, -0.15) is 0 Å². The summed E-state index contributed by atoms with van der Waals surface area (Å²) in [7, 11) is 0.446. The number of likely N-dealkylation sites (N-methyl/N-ethyl adjacent to an activating group) is 1. The number of hydrogen-bond acceptors (Lipinski definition) is 6. The molecular weight excluding hydrogens is 518 g/mol. The zero-order chi connectivity index (χ0) is 28.6. The average molecular weight is 554 g/mol. The average Bonchev–Trinajstić information content (AvgIpc) is 2.92. The van der Waals surface area contributed by atoms with Gasteiger partial charge in [0.05, 0.1) is 26.2 Å². The Balaban J connectivity index is 2.08. The highest BCUT2D eigenvalue weighted by molar-refractivity contribution is 7.92. The van der Waals surface area contributed by atoms with Crippen molar-refractivity contribution in [2.75, 3.05) is 38.4 Å². The van der Waals surface area contributed by atoms with Crippen molar-refractivity contribution in [2.45, 2.75) is 25.9 Å². The summed E-state index contributed by atoms with van der Waals surface area (Å²) in [6, 6.07) is 20.8. The minimum atomic E-state index is -3.94. The van der Waals surface area contributed by atoms with Crippen LogP contribution >= 0.6 is 0 Å². The maximum atomic E-state index is 14.0. The lowest BCUT2D eigenvalue weighted by Gasteiger charge is -2.33. The maximum Gasteiger partial charge on any atom is 0.244 e. The smallest absolute Gasteiger partial charge is 0.244 e. The number of sulfonamides is 1. The molecule has 208 valence electrons. The molecule has 9 nitrogen and oxygen atoms in total. The van der Waals surface area contributed by atoms with Crippen molar-refractivity contribution in [1.82, 2.24) is 10.2 Å². The molecule has 0 aliphatic carbocycles. The van der Waals surface area contributed by atoms with Crippen LogP contribution < -0.4 is 19.1 Å². The molecule has 39 heavy (non-hydrogen) atoms. The molecule has 0 aliphatic heterocycles. The Bertz CT molecular complexity index is 1400. The predicted octanol–water partition coefficient (Wildman–Crippen LogP) is 3.16. The Morgan fingerprint density at radius 2 is 1.62 bits per heavy atom. The SMILES string of the molecule is CNC(=O)[C@H](Cc1ccccc1)N(Cc1cccc(C)c1)C(=O)CN(c1cc(OC)ccc1OC)S(C)(=O)=O. The molecule has 3 aromatic rings. The number of methoxy groups -OCH3 is 2. The van der Waals surface area contributed by atoms with Gasteiger partial charge in [0, 0.05) is 26.1 Å². The van der Waals surface area contributed by atoms with Crippen molar-refractivity contribution < 1.29 is 27.5 Å². The number of aryl methyl sites for hydroxylation is 1. The summed E-state index contributed by atoms with van der Waals surface area (Å²) in [6.07, 6.45) is 1.27. The molecule has 10 heteroatoms. The molecule has 0 fully saturated rings. The number of anilines is 1. The molecule has 1 N–H and O–H groups in total. The molecule has 3 rings (SSSR count). The first-order valence-corrected chi connectivity index (χ1v) is 14.2. The van der Waals surface area contributed by atoms with Gasteiger partial charge in [-0.3, -0.25) is 13.9 Å². The number of hydrogen-bond donors (Lipinski definition) is 1. The van der Waals surface area contributed by atoms with Crippen molar-refractivity contribution in [3.8, 4) is 11.5 Å². The summed E-state index contributed by atoms with van der Waals surface area (Å²) < 4.78 is 37.6. The van der Waals surface area contributed by atoms with Crippen LogP contribution in [-0.2, 0) is 32.6 Å². The largest absolute Gasteiger partial charge is 0.497 e. The second-order valence-corrected chi connectivity index (χ2v) is 11.0. The highest BCUT2D eigenvalue weighted by atomic mass is 32.2. The van der Waals surface area contributed by atoms with Gasteiger partial charge in [-0.05, 0) is 30.2 Å². The van der Waals surface area contributed by atoms with Gasteiger partial charge >= 0.3 is 0 Å². The highest BCUT2D eigenvalue weighted by Gasteiger charge is 2.33. The van der Waals surface area contributed by atoms with Crippen LogP contribution in [0.1, 0.15) is 16.7 Å². The zero-order valence-corrected chi connectivity index (χ0v) is 23.7. The van der Waals surface area contributed by atoms with Gasteiger partial charge in [-0.1, -0.05) is 60.2 Å². The molecule has 1 atom stereocenters. The molecule has 0 unspecified atom stereocenters. The van der Waals surface area contributed by atoms with Gasteiger partial charge in [0.2, 0.25) is 21.8 Å². The van der Waals surface area contributed by atoms with E-state index in [1.807, 2.05) is 61.5 Å². The molecule has 0 saturated carbocycles. The first kappa shape index (κ1) is 29.5. The van der Waals surface area contributed by atoms with E-state index in [9.17, 15) is 18.0 Å². The number of carbonyl (C=O) groups excluding carboxylic acids is 2. The summed E-state index contributed by atoms with van der Waals surface area (Å²) in [4.78, 5) is 28.7. The Labute approximate surface area is 230 Å². The molecule has 0 aliphatic rings. The topological polar surface area (TPSA) is 105 Å². The first-order chi connectivity index (χ1) is 18.6. The Morgan fingerprint density at radius 1 is 0.923 bits per heavy atom. The first-order valence-electron chi connectivity index (χ1n) is 12.4. The lowest BCUT2D eigenvalue weighted by molar-refractivity contribution is -0.139. The van der Waals surface area contributed by atoms with Gasteiger partial charge in [-0.15, -0.1) is 0 Å². The number of benzene rings is 3. The molecular formula is C29H35N3O6S. The van der Waals surface area contributed by atoms with Crippen LogP contribution in [0.3, 0.4) is 0 Å². The van der Waals surface area contributed by atoms with Crippen LogP contribution in [-0.4, -0.2) is 65.2 Å². The van der Waals surface area contributed by atoms with Crippen molar-refractivity contribution >= 4 is 27.5 Å². The van der Waals surface area contributed by atoms with Crippen LogP contribution in [0, 0.1) is 6.92 Å². The van der Waals surface area contributed by atoms with E-state index >= 15 is 0 Å². The van der Waals surface area contributed by atoms with Crippen LogP contribution in [0.15, 0.2) is 72.8 Å². The number of carbonyl (C=O) groups is 2. The van der Waals surface area contributed by atoms with Gasteiger partial charge in [0.15, 0.2) is 0 Å². The Kier molecular flexibility index (Phi) is 9.95. The minimum absolute atomic E-state index is 0.109. The molecule has 0 heterocycles. The second-order valence-electron chi connectivity index (χ2n) is 9.14. The zero-order valence-electron chi connectivity index (χ0n) is 22.9. The van der Waals surface area contributed by atoms with Crippen LogP contribution in [0.25, 0.3) is 0 Å². The molecule has 0 saturated heterocycles. The van der Waals surface area contributed by atoms with Gasteiger partial charge in [-0.25, -0.2) is 8.42 Å². The number of amides is 2. The van der Waals surface area contributed by atoms with E-state index in [0.717, 1.165) is 27.3 Å². The van der Waals surface area contributed by atoms with Gasteiger partial charge in [0.1, 0.15) is 24.1 Å². The minimum Gasteiger partial charge on any atom is -0.497 e. The summed E-state index contributed by atoms with van der Waals surface area (Å²) >= 11 is 0. The fraction of sp³-hybridized carbons (Fsp3) is 0.310. The van der Waals surface area contributed by atoms with E-state index < -0.39 is 28.5 Å². The predicted molar refractivity (Wildman–Crippen MR) is 151 cm³/mol. The van der Waals surface area contributed by atoms with E-state index in [4.69, 9.17) is 9.47 Å². The van der Waals surface area contributed by atoms with Crippen LogP contribution in [0.2, 0.25) is 0 Å². The van der Waals surface area contributed by atoms with E-state index in [-0.39, 0.29) is 30.3 Å². The monoisotopic (exact) mass is 553 g/mol. The van der Waals surface area contributed by atoms with Crippen molar-refractivity contribution in [3.05, 3.63) is 89.5 Å². The standard InChI is InChI=1S/C29H35N3O6S/c1-21-10-9-13-23(16-21)19-31(26(29(34)30-2)17-22-11-7-6-8-12-22)28(33)20-32(39(5,35)36)25-18-24(37-3)14-15-27(25)38-4/h6-16,18,26H,17,19-20H2,1-5H3,(H,30,34)/t26-/m0/s1. The molecule has 0 spiro atoms. The second kappa shape index (κ2) is 13.1. The summed E-state index contributed by atoms with van der Waals surface area (Å²) in [5.41, 5.74) is 2.83. The fourth-order valence-electron chi connectivity index (χ4n) is 4.31. The lowest BCUT2D eigenvalue weighted by Crippen LogP contribution is -2.52. The van der Waals surface area contributed by atoms with Crippen LogP contribution in [0.5, 0.6) is 11.5 Å². The molecule has 0 radical (unpaired) electrons. The van der Waals surface area contributed by atoms with Gasteiger partial charge in [0.25, 0.3) is 0 Å². The van der Waals surface area contributed by atoms with Crippen molar-refractivity contribution in [3.63, 3.8) is 0 Å². The summed E-state index contributed by atoms with van der Waals surface area (Å²) in [5.74, 6) is -0.247. The summed E-state index contributed by atoms with van der Waals surface area (Å²) in [6.45, 7) is 1.51. The van der Waals surface area contributed by atoms with E-state index in [2.05, 4.69) is 5.32 Å². The fourth-order valence-corrected chi connectivity index (χ4v) is 5.16. The molecule has 2 amide bonds. The molecule has 0 bridgehead atoms. The normalized spacial score (nSPS) is 11.8. The van der Waals surface area contributed by atoms with E-state index in [1.54, 1.807) is 12.1 Å². The number of rotatable bonds is 12. The van der Waals surface area contributed by atoms with E-state index in [1.165, 1.54) is 32.2 Å². The highest BCUT2D eigenvalue weighted by Crippen LogP contribution is 2.34. The third kappa shape index (κ3) is 7.73. The molecule has 3 aromatic carbocycles. The third-order valence-corrected chi connectivity index (χ3v) is 7.41. The summed E-state index contributed by atoms with van der Waals surface area (Å²) in [5, 5.41) is 2.67. The number of nitrogens with zero attached hydrogens (tertiary/aromatic N) is 2. The molecule has 0 aromatic heterocycles. The quantitative estimate of drug-likeness (QED) is 0.370. The lowest BCUT2D eigenvalue weighted by atomic mass is 10.0. The van der Waals surface area contributed by atoms with E-state index in [0.29, 0.717) is 5.75 Å².